The van der Waals surface area contributed by atoms with Gasteiger partial charge in [-0.25, -0.2) is 0 Å². The average Bonchev–Trinajstić information content (AvgIpc) is 3.86. The Balaban J connectivity index is 0.993. The number of hydrogen-bond donors (Lipinski definition) is 0. The van der Waals surface area contributed by atoms with Crippen molar-refractivity contribution in [3.8, 4) is 33.4 Å². The summed E-state index contributed by atoms with van der Waals surface area (Å²) in [5.41, 5.74) is 9.41. The third kappa shape index (κ3) is 4.52. The molecule has 2 heterocycles. The summed E-state index contributed by atoms with van der Waals surface area (Å²) in [4.78, 5) is 0. The van der Waals surface area contributed by atoms with Crippen LogP contribution in [-0.2, 0) is 0 Å². The Hall–Kier alpha value is -7.26. The fraction of sp³-hybridized carbons (Fsp3) is 0. The van der Waals surface area contributed by atoms with E-state index >= 15 is 0 Å². The van der Waals surface area contributed by atoms with Crippen molar-refractivity contribution in [1.29, 1.82) is 0 Å². The Kier molecular flexibility index (Phi) is 6.66. The lowest BCUT2D eigenvalue weighted by molar-refractivity contribution is 0.677. The zero-order chi connectivity index (χ0) is 37.9. The molecular formula is C56H32OS. The fourth-order valence-electron chi connectivity index (χ4n) is 9.82. The second-order valence-electron chi connectivity index (χ2n) is 15.5. The van der Waals surface area contributed by atoms with Gasteiger partial charge >= 0.3 is 0 Å². The van der Waals surface area contributed by atoms with Crippen molar-refractivity contribution in [1.82, 2.24) is 0 Å². The topological polar surface area (TPSA) is 13.1 Å². The van der Waals surface area contributed by atoms with E-state index < -0.39 is 0 Å². The summed E-state index contributed by atoms with van der Waals surface area (Å²) < 4.78 is 9.35. The van der Waals surface area contributed by atoms with Crippen LogP contribution >= 0.6 is 11.3 Å². The zero-order valence-corrected chi connectivity index (χ0v) is 32.1. The Labute approximate surface area is 337 Å². The first-order valence-corrected chi connectivity index (χ1v) is 20.7. The molecular weight excluding hydrogens is 721 g/mol. The highest BCUT2D eigenvalue weighted by atomic mass is 32.1. The van der Waals surface area contributed by atoms with Gasteiger partial charge in [0.15, 0.2) is 5.58 Å². The predicted molar refractivity (Wildman–Crippen MR) is 250 cm³/mol. The van der Waals surface area contributed by atoms with Gasteiger partial charge in [0.05, 0.1) is 4.70 Å². The van der Waals surface area contributed by atoms with E-state index in [0.29, 0.717) is 0 Å². The summed E-state index contributed by atoms with van der Waals surface area (Å²) in [6.45, 7) is 0. The molecule has 0 unspecified atom stereocenters. The molecule has 0 fully saturated rings. The van der Waals surface area contributed by atoms with Crippen LogP contribution in [0.15, 0.2) is 199 Å². The van der Waals surface area contributed by atoms with Gasteiger partial charge in [-0.3, -0.25) is 0 Å². The molecule has 13 aromatic rings. The van der Waals surface area contributed by atoms with Gasteiger partial charge in [0.2, 0.25) is 0 Å². The van der Waals surface area contributed by atoms with Gasteiger partial charge < -0.3 is 4.42 Å². The highest BCUT2D eigenvalue weighted by Gasteiger charge is 2.20. The minimum absolute atomic E-state index is 0.954. The van der Waals surface area contributed by atoms with Crippen LogP contribution in [0, 0.1) is 0 Å². The van der Waals surface area contributed by atoms with Gasteiger partial charge in [-0.1, -0.05) is 164 Å². The van der Waals surface area contributed by atoms with Gasteiger partial charge in [0.1, 0.15) is 5.58 Å². The summed E-state index contributed by atoms with van der Waals surface area (Å²) in [5, 5.41) is 17.2. The highest BCUT2D eigenvalue weighted by molar-refractivity contribution is 7.26. The monoisotopic (exact) mass is 752 g/mol. The van der Waals surface area contributed by atoms with Crippen LogP contribution in [0.3, 0.4) is 0 Å². The first-order chi connectivity index (χ1) is 28.8. The zero-order valence-electron chi connectivity index (χ0n) is 31.3. The minimum atomic E-state index is 0.954. The van der Waals surface area contributed by atoms with Crippen molar-refractivity contribution in [2.24, 2.45) is 0 Å². The summed E-state index contributed by atoms with van der Waals surface area (Å²) in [6, 6.07) is 71.5. The first kappa shape index (κ1) is 31.9. The number of rotatable bonds is 3. The van der Waals surface area contributed by atoms with Gasteiger partial charge in [-0.15, -0.1) is 11.3 Å². The maximum Gasteiger partial charge on any atom is 0.153 e. The minimum Gasteiger partial charge on any atom is -0.454 e. The third-order valence-electron chi connectivity index (χ3n) is 12.4. The molecule has 0 radical (unpaired) electrons. The van der Waals surface area contributed by atoms with E-state index in [-0.39, 0.29) is 0 Å². The van der Waals surface area contributed by atoms with E-state index in [1.807, 2.05) is 11.3 Å². The van der Waals surface area contributed by atoms with Crippen LogP contribution in [0.1, 0.15) is 0 Å². The van der Waals surface area contributed by atoms with Crippen LogP contribution in [0.25, 0.3) is 129 Å². The molecule has 2 aromatic heterocycles. The Bertz CT molecular complexity index is 3800. The van der Waals surface area contributed by atoms with E-state index in [9.17, 15) is 0 Å². The quantitative estimate of drug-likeness (QED) is 0.164. The molecule has 2 heteroatoms. The van der Waals surface area contributed by atoms with Crippen molar-refractivity contribution in [3.05, 3.63) is 194 Å². The van der Waals surface area contributed by atoms with Gasteiger partial charge in [0, 0.05) is 31.6 Å². The molecule has 1 nitrogen and oxygen atoms in total. The summed E-state index contributed by atoms with van der Waals surface area (Å²) in [5.74, 6) is 0. The molecule has 11 aromatic carbocycles. The second-order valence-corrected chi connectivity index (χ2v) is 16.6. The van der Waals surface area contributed by atoms with Crippen molar-refractivity contribution in [2.45, 2.75) is 0 Å². The molecule has 0 spiro atoms. The molecule has 0 atom stereocenters. The van der Waals surface area contributed by atoms with Crippen LogP contribution < -0.4 is 0 Å². The van der Waals surface area contributed by atoms with Gasteiger partial charge in [-0.05, 0) is 112 Å². The van der Waals surface area contributed by atoms with E-state index in [2.05, 4.69) is 194 Å². The largest absolute Gasteiger partial charge is 0.454 e. The normalized spacial score (nSPS) is 12.1. The lowest BCUT2D eigenvalue weighted by Crippen LogP contribution is -1.91. The van der Waals surface area contributed by atoms with E-state index in [0.717, 1.165) is 27.3 Å². The van der Waals surface area contributed by atoms with Crippen LogP contribution in [0.5, 0.6) is 0 Å². The SMILES string of the molecule is c1ccc2c(-c3c4ccccc4c(-c4ccc5cc(-c6cc7c8ccc9c%10ccccc%10sc9c8oc7c7ccccc67)ccc5c4)c4ccccc34)cccc2c1. The van der Waals surface area contributed by atoms with Crippen molar-refractivity contribution in [2.75, 3.05) is 0 Å². The smallest absolute Gasteiger partial charge is 0.153 e. The van der Waals surface area contributed by atoms with E-state index in [1.54, 1.807) is 0 Å². The number of fused-ring (bicyclic) bond motifs is 13. The number of benzene rings is 11. The van der Waals surface area contributed by atoms with Crippen molar-refractivity contribution >= 4 is 107 Å². The maximum atomic E-state index is 6.85. The standard InChI is InChI=1S/C56H32OS/c1-2-14-38-33(12-1)13-11-22-41(38)53-44-19-6-4-17-42(44)52(43-18-5-7-20-45(43)53)37-27-25-34-30-36(26-24-35(34)31-37)49-32-50-47-28-29-48-40-16-9-10-23-51(40)58-56(48)55(47)57-54(50)46-21-8-3-15-39(46)49/h1-32H. The molecule has 0 aliphatic carbocycles. The Morgan fingerprint density at radius 1 is 0.293 bits per heavy atom. The lowest BCUT2D eigenvalue weighted by atomic mass is 9.84. The van der Waals surface area contributed by atoms with Crippen LogP contribution in [0.4, 0.5) is 0 Å². The fourth-order valence-corrected chi connectivity index (χ4v) is 11.0. The summed E-state index contributed by atoms with van der Waals surface area (Å²) in [6.07, 6.45) is 0. The summed E-state index contributed by atoms with van der Waals surface area (Å²) >= 11 is 1.82. The number of furan rings is 1. The number of hydrogen-bond acceptors (Lipinski definition) is 2. The molecule has 0 aliphatic heterocycles. The molecule has 58 heavy (non-hydrogen) atoms. The lowest BCUT2D eigenvalue weighted by Gasteiger charge is -2.19. The van der Waals surface area contributed by atoms with Gasteiger partial charge in [-0.2, -0.15) is 0 Å². The average molecular weight is 753 g/mol. The molecule has 13 rings (SSSR count). The molecule has 0 saturated heterocycles. The van der Waals surface area contributed by atoms with Crippen LogP contribution in [0.2, 0.25) is 0 Å². The van der Waals surface area contributed by atoms with Crippen molar-refractivity contribution in [3.63, 3.8) is 0 Å². The Morgan fingerprint density at radius 2 is 0.845 bits per heavy atom. The third-order valence-corrected chi connectivity index (χ3v) is 13.6. The molecule has 0 aliphatic rings. The first-order valence-electron chi connectivity index (χ1n) is 19.9. The van der Waals surface area contributed by atoms with Crippen LogP contribution in [-0.4, -0.2) is 0 Å². The van der Waals surface area contributed by atoms with E-state index in [4.69, 9.17) is 4.42 Å². The molecule has 268 valence electrons. The highest BCUT2D eigenvalue weighted by Crippen LogP contribution is 2.47. The predicted octanol–water partition coefficient (Wildman–Crippen LogP) is 16.7. The summed E-state index contributed by atoms with van der Waals surface area (Å²) in [7, 11) is 0. The molecule has 0 bridgehead atoms. The maximum absolute atomic E-state index is 6.85. The Morgan fingerprint density at radius 3 is 1.60 bits per heavy atom. The molecule has 0 N–H and O–H groups in total. The number of thiophene rings is 1. The van der Waals surface area contributed by atoms with Gasteiger partial charge in [0.25, 0.3) is 0 Å². The second kappa shape index (κ2) is 12.1. The van der Waals surface area contributed by atoms with Crippen molar-refractivity contribution < 1.29 is 4.42 Å². The molecule has 0 saturated carbocycles. The molecule has 0 amide bonds. The van der Waals surface area contributed by atoms with E-state index in [1.165, 1.54) is 102 Å².